The number of carbonyl (C=O) groups is 2. The first kappa shape index (κ1) is 30.4. The van der Waals surface area contributed by atoms with Gasteiger partial charge in [-0.15, -0.1) is 0 Å². The van der Waals surface area contributed by atoms with Crippen molar-refractivity contribution in [1.29, 1.82) is 0 Å². The fourth-order valence-electron chi connectivity index (χ4n) is 4.40. The Morgan fingerprint density at radius 1 is 0.950 bits per heavy atom. The number of nitrogens with one attached hydrogen (secondary N) is 1. The SMILES string of the molecule is CCC(CC)(CC(=O)Nc1cccc(/C=C/c2cccc(COCCCCc3ccc(O)c(O)c3)n2)c1)C(=O)O. The average Bonchev–Trinajstić information content (AvgIpc) is 2.94. The van der Waals surface area contributed by atoms with Gasteiger partial charge < -0.3 is 25.4 Å². The van der Waals surface area contributed by atoms with E-state index in [9.17, 15) is 24.9 Å². The van der Waals surface area contributed by atoms with E-state index >= 15 is 0 Å². The first-order chi connectivity index (χ1) is 19.2. The summed E-state index contributed by atoms with van der Waals surface area (Å²) in [5, 5.41) is 31.4. The van der Waals surface area contributed by atoms with Gasteiger partial charge in [0.05, 0.1) is 23.4 Å². The molecule has 0 aliphatic heterocycles. The summed E-state index contributed by atoms with van der Waals surface area (Å²) in [5.74, 6) is -1.48. The monoisotopic (exact) mass is 546 g/mol. The van der Waals surface area contributed by atoms with E-state index in [0.717, 1.165) is 41.8 Å². The van der Waals surface area contributed by atoms with Gasteiger partial charge >= 0.3 is 5.97 Å². The van der Waals surface area contributed by atoms with Gasteiger partial charge in [-0.05, 0) is 85.7 Å². The van der Waals surface area contributed by atoms with Gasteiger partial charge in [-0.1, -0.05) is 44.2 Å². The Balaban J connectivity index is 1.47. The van der Waals surface area contributed by atoms with Crippen LogP contribution in [0.1, 0.15) is 68.5 Å². The van der Waals surface area contributed by atoms with Crippen LogP contribution in [0.2, 0.25) is 0 Å². The van der Waals surface area contributed by atoms with E-state index in [1.165, 1.54) is 6.07 Å². The van der Waals surface area contributed by atoms with Gasteiger partial charge in [0.25, 0.3) is 0 Å². The van der Waals surface area contributed by atoms with Crippen molar-refractivity contribution < 1.29 is 29.6 Å². The molecule has 0 unspecified atom stereocenters. The molecular weight excluding hydrogens is 508 g/mol. The van der Waals surface area contributed by atoms with E-state index in [-0.39, 0.29) is 23.8 Å². The molecule has 0 bridgehead atoms. The molecule has 0 aliphatic carbocycles. The summed E-state index contributed by atoms with van der Waals surface area (Å²) in [6.45, 7) is 4.58. The van der Waals surface area contributed by atoms with E-state index in [1.807, 2.05) is 48.6 Å². The minimum Gasteiger partial charge on any atom is -0.504 e. The van der Waals surface area contributed by atoms with Crippen LogP contribution in [0, 0.1) is 5.41 Å². The molecule has 1 aromatic heterocycles. The Bertz CT molecular complexity index is 1320. The molecule has 8 nitrogen and oxygen atoms in total. The second kappa shape index (κ2) is 14.8. The van der Waals surface area contributed by atoms with Crippen LogP contribution in [0.15, 0.2) is 60.7 Å². The number of aromatic nitrogens is 1. The number of carbonyl (C=O) groups excluding carboxylic acids is 1. The maximum absolute atomic E-state index is 12.6. The molecule has 3 aromatic rings. The number of hydrogen-bond donors (Lipinski definition) is 4. The fraction of sp³-hybridized carbons (Fsp3) is 0.344. The van der Waals surface area contributed by atoms with Crippen LogP contribution in [-0.4, -0.2) is 38.8 Å². The number of rotatable bonds is 15. The lowest BCUT2D eigenvalue weighted by Gasteiger charge is -2.25. The van der Waals surface area contributed by atoms with Gasteiger partial charge in [0.1, 0.15) is 0 Å². The van der Waals surface area contributed by atoms with Crippen molar-refractivity contribution in [2.45, 2.75) is 59.0 Å². The molecule has 3 rings (SSSR count). The van der Waals surface area contributed by atoms with Crippen LogP contribution in [0.4, 0.5) is 5.69 Å². The second-order valence-electron chi connectivity index (χ2n) is 9.86. The normalized spacial score (nSPS) is 11.6. The number of phenolic OH excluding ortho intramolecular Hbond substituents is 2. The molecule has 0 fully saturated rings. The quantitative estimate of drug-likeness (QED) is 0.128. The lowest BCUT2D eigenvalue weighted by molar-refractivity contribution is -0.151. The molecule has 212 valence electrons. The molecule has 40 heavy (non-hydrogen) atoms. The van der Waals surface area contributed by atoms with Crippen LogP contribution in [-0.2, 0) is 27.4 Å². The van der Waals surface area contributed by atoms with Gasteiger partial charge in [0.15, 0.2) is 11.5 Å². The van der Waals surface area contributed by atoms with Crippen LogP contribution < -0.4 is 5.32 Å². The zero-order valence-electron chi connectivity index (χ0n) is 23.1. The maximum Gasteiger partial charge on any atom is 0.310 e. The van der Waals surface area contributed by atoms with Gasteiger partial charge in [0.2, 0.25) is 5.91 Å². The second-order valence-corrected chi connectivity index (χ2v) is 9.86. The highest BCUT2D eigenvalue weighted by Gasteiger charge is 2.37. The summed E-state index contributed by atoms with van der Waals surface area (Å²) >= 11 is 0. The minimum atomic E-state index is -1.05. The topological polar surface area (TPSA) is 129 Å². The molecule has 1 heterocycles. The smallest absolute Gasteiger partial charge is 0.310 e. The highest BCUT2D eigenvalue weighted by Crippen LogP contribution is 2.31. The predicted molar refractivity (Wildman–Crippen MR) is 156 cm³/mol. The summed E-state index contributed by atoms with van der Waals surface area (Å²) in [6, 6.07) is 18.0. The van der Waals surface area contributed by atoms with Crippen molar-refractivity contribution in [3.8, 4) is 11.5 Å². The molecule has 0 saturated carbocycles. The summed E-state index contributed by atoms with van der Waals surface area (Å²) in [6.07, 6.45) is 7.06. The lowest BCUT2D eigenvalue weighted by Crippen LogP contribution is -2.34. The predicted octanol–water partition coefficient (Wildman–Crippen LogP) is 6.42. The van der Waals surface area contributed by atoms with Gasteiger partial charge in [-0.2, -0.15) is 0 Å². The van der Waals surface area contributed by atoms with Crippen molar-refractivity contribution in [2.24, 2.45) is 5.41 Å². The Kier molecular flexibility index (Phi) is 11.3. The molecule has 4 N–H and O–H groups in total. The number of carboxylic acids is 1. The van der Waals surface area contributed by atoms with Crippen molar-refractivity contribution >= 4 is 29.7 Å². The Labute approximate surface area is 235 Å². The average molecular weight is 547 g/mol. The number of nitrogens with zero attached hydrogens (tertiary/aromatic N) is 1. The van der Waals surface area contributed by atoms with E-state index in [2.05, 4.69) is 10.3 Å². The van der Waals surface area contributed by atoms with Crippen LogP contribution in [0.3, 0.4) is 0 Å². The van der Waals surface area contributed by atoms with Crippen molar-refractivity contribution in [1.82, 2.24) is 4.98 Å². The van der Waals surface area contributed by atoms with Crippen molar-refractivity contribution in [3.63, 3.8) is 0 Å². The van der Waals surface area contributed by atoms with Crippen LogP contribution in [0.25, 0.3) is 12.2 Å². The lowest BCUT2D eigenvalue weighted by atomic mass is 9.79. The number of hydrogen-bond acceptors (Lipinski definition) is 6. The summed E-state index contributed by atoms with van der Waals surface area (Å²) in [7, 11) is 0. The Morgan fingerprint density at radius 2 is 1.73 bits per heavy atom. The zero-order chi connectivity index (χ0) is 29.0. The number of carboxylic acid groups (broad SMARTS) is 1. The molecule has 0 aliphatic rings. The van der Waals surface area contributed by atoms with E-state index in [4.69, 9.17) is 4.74 Å². The number of unbranched alkanes of at least 4 members (excludes halogenated alkanes) is 1. The fourth-order valence-corrected chi connectivity index (χ4v) is 4.40. The third-order valence-corrected chi connectivity index (χ3v) is 7.05. The number of aromatic hydroxyl groups is 2. The van der Waals surface area contributed by atoms with E-state index in [1.54, 1.807) is 32.0 Å². The maximum atomic E-state index is 12.6. The first-order valence-electron chi connectivity index (χ1n) is 13.6. The van der Waals surface area contributed by atoms with Crippen molar-refractivity contribution in [3.05, 3.63) is 83.2 Å². The zero-order valence-corrected chi connectivity index (χ0v) is 23.1. The Hall–Kier alpha value is -4.17. The highest BCUT2D eigenvalue weighted by molar-refractivity contribution is 5.94. The van der Waals surface area contributed by atoms with Gasteiger partial charge in [-0.3, -0.25) is 14.6 Å². The minimum absolute atomic E-state index is 0.0723. The number of pyridine rings is 1. The summed E-state index contributed by atoms with van der Waals surface area (Å²) in [4.78, 5) is 28.9. The van der Waals surface area contributed by atoms with E-state index in [0.29, 0.717) is 31.7 Å². The molecule has 0 atom stereocenters. The van der Waals surface area contributed by atoms with E-state index < -0.39 is 11.4 Å². The molecular formula is C32H38N2O6. The number of anilines is 1. The largest absolute Gasteiger partial charge is 0.504 e. The third kappa shape index (κ3) is 8.95. The summed E-state index contributed by atoms with van der Waals surface area (Å²) in [5.41, 5.74) is 2.99. The highest BCUT2D eigenvalue weighted by atomic mass is 16.5. The number of benzene rings is 2. The first-order valence-corrected chi connectivity index (χ1v) is 13.6. The molecule has 0 spiro atoms. The third-order valence-electron chi connectivity index (χ3n) is 7.05. The van der Waals surface area contributed by atoms with Crippen LogP contribution >= 0.6 is 0 Å². The van der Waals surface area contributed by atoms with Gasteiger partial charge in [0, 0.05) is 18.7 Å². The standard InChI is InChI=1S/C32H38N2O6/c1-3-32(4-2,31(38)39)21-30(37)34-26-12-7-10-23(19-26)14-16-25-11-8-13-27(33-25)22-40-18-6-5-9-24-15-17-28(35)29(36)20-24/h7-8,10-17,19-20,35-36H,3-6,9,18,21-22H2,1-2H3,(H,34,37)(H,38,39)/b16-14+. The number of phenols is 2. The number of amides is 1. The number of ether oxygens (including phenoxy) is 1. The van der Waals surface area contributed by atoms with Crippen molar-refractivity contribution in [2.75, 3.05) is 11.9 Å². The molecule has 8 heteroatoms. The molecule has 0 saturated heterocycles. The molecule has 1 amide bonds. The summed E-state index contributed by atoms with van der Waals surface area (Å²) < 4.78 is 5.78. The molecule has 2 aromatic carbocycles. The number of aliphatic carboxylic acids is 1. The number of aryl methyl sites for hydroxylation is 1. The van der Waals surface area contributed by atoms with Crippen LogP contribution in [0.5, 0.6) is 11.5 Å². The Morgan fingerprint density at radius 3 is 2.45 bits per heavy atom. The van der Waals surface area contributed by atoms with Gasteiger partial charge in [-0.25, -0.2) is 0 Å². The molecule has 0 radical (unpaired) electrons.